The Bertz CT molecular complexity index is 856. The Kier molecular flexibility index (Phi) is 5.00. The van der Waals surface area contributed by atoms with E-state index in [4.69, 9.17) is 4.74 Å². The van der Waals surface area contributed by atoms with E-state index in [0.29, 0.717) is 18.1 Å². The van der Waals surface area contributed by atoms with Gasteiger partial charge in [0.2, 0.25) is 6.10 Å². The zero-order valence-electron chi connectivity index (χ0n) is 13.4. The minimum Gasteiger partial charge on any atom is -0.472 e. The Morgan fingerprint density at radius 2 is 1.60 bits per heavy atom. The van der Waals surface area contributed by atoms with Crippen molar-refractivity contribution < 1.29 is 9.53 Å². The van der Waals surface area contributed by atoms with E-state index in [0.717, 1.165) is 11.1 Å². The molecular weight excluding hydrogens is 336 g/mol. The number of ether oxygens (including phenoxy) is 1. The van der Waals surface area contributed by atoms with Gasteiger partial charge in [0.15, 0.2) is 11.6 Å². The van der Waals surface area contributed by atoms with E-state index in [9.17, 15) is 4.79 Å². The lowest BCUT2D eigenvalue weighted by molar-refractivity contribution is -0.126. The summed E-state index contributed by atoms with van der Waals surface area (Å²) >= 11 is 0. The highest BCUT2D eigenvalue weighted by Crippen LogP contribution is 2.37. The zero-order valence-corrected chi connectivity index (χ0v) is 14.2. The lowest BCUT2D eigenvalue weighted by atomic mass is 10.1. The molecule has 4 rings (SSSR count). The molecule has 0 fully saturated rings. The first-order chi connectivity index (χ1) is 11.8. The fourth-order valence-electron chi connectivity index (χ4n) is 2.86. The van der Waals surface area contributed by atoms with Gasteiger partial charge < -0.3 is 4.74 Å². The van der Waals surface area contributed by atoms with E-state index < -0.39 is 6.10 Å². The quantitative estimate of drug-likeness (QED) is 0.710. The maximum atomic E-state index is 13.1. The van der Waals surface area contributed by atoms with Crippen molar-refractivity contribution >= 4 is 24.1 Å². The molecule has 4 nitrogen and oxygen atoms in total. The van der Waals surface area contributed by atoms with Crippen molar-refractivity contribution in [3.05, 3.63) is 90.1 Å². The summed E-state index contributed by atoms with van der Waals surface area (Å²) in [5, 5.41) is 0. The summed E-state index contributed by atoms with van der Waals surface area (Å²) < 4.78 is 5.94. The third kappa shape index (κ3) is 3.35. The van der Waals surface area contributed by atoms with Gasteiger partial charge in [-0.25, -0.2) is 4.98 Å². The highest BCUT2D eigenvalue weighted by molar-refractivity contribution is 5.99. The van der Waals surface area contributed by atoms with Gasteiger partial charge in [0, 0.05) is 11.8 Å². The van der Waals surface area contributed by atoms with Crippen LogP contribution in [0.5, 0.6) is 5.75 Å². The molecule has 3 aromatic rings. The number of anilines is 1. The van der Waals surface area contributed by atoms with Crippen LogP contribution >= 0.6 is 12.4 Å². The fraction of sp³-hybridized carbons (Fsp3) is 0.100. The summed E-state index contributed by atoms with van der Waals surface area (Å²) in [6.07, 6.45) is 1.03. The number of hydrogen-bond acceptors (Lipinski definition) is 3. The normalized spacial score (nSPS) is 15.8. The van der Waals surface area contributed by atoms with E-state index >= 15 is 0 Å². The minimum absolute atomic E-state index is 0. The van der Waals surface area contributed by atoms with Gasteiger partial charge in [-0.3, -0.25) is 9.69 Å². The van der Waals surface area contributed by atoms with E-state index in [1.165, 1.54) is 0 Å². The van der Waals surface area contributed by atoms with Crippen molar-refractivity contribution in [1.29, 1.82) is 0 Å². The molecule has 1 aliphatic heterocycles. The monoisotopic (exact) mass is 352 g/mol. The molecule has 0 saturated heterocycles. The maximum Gasteiger partial charge on any atom is 0.274 e. The van der Waals surface area contributed by atoms with Gasteiger partial charge in [-0.15, -0.1) is 12.4 Å². The molecule has 0 N–H and O–H groups in total. The van der Waals surface area contributed by atoms with Crippen molar-refractivity contribution in [2.75, 3.05) is 4.90 Å². The van der Waals surface area contributed by atoms with Crippen molar-refractivity contribution in [2.24, 2.45) is 0 Å². The van der Waals surface area contributed by atoms with Crippen molar-refractivity contribution in [3.63, 3.8) is 0 Å². The number of carbonyl (C=O) groups excluding carboxylic acids is 1. The van der Waals surface area contributed by atoms with Gasteiger partial charge >= 0.3 is 0 Å². The second-order valence-corrected chi connectivity index (χ2v) is 5.64. The van der Waals surface area contributed by atoms with Crippen LogP contribution in [0.3, 0.4) is 0 Å². The van der Waals surface area contributed by atoms with E-state index in [-0.39, 0.29) is 18.3 Å². The van der Waals surface area contributed by atoms with Gasteiger partial charge in [0.25, 0.3) is 5.91 Å². The predicted octanol–water partition coefficient (Wildman–Crippen LogP) is 4.17. The number of hydrogen-bond donors (Lipinski definition) is 0. The van der Waals surface area contributed by atoms with Crippen molar-refractivity contribution in [2.45, 2.75) is 12.6 Å². The van der Waals surface area contributed by atoms with Crippen LogP contribution in [0.4, 0.5) is 5.82 Å². The molecule has 25 heavy (non-hydrogen) atoms. The van der Waals surface area contributed by atoms with E-state index in [2.05, 4.69) is 4.98 Å². The van der Waals surface area contributed by atoms with Gasteiger partial charge in [-0.1, -0.05) is 60.7 Å². The fourth-order valence-corrected chi connectivity index (χ4v) is 2.86. The molecule has 0 saturated carbocycles. The standard InChI is InChI=1S/C20H16N2O2.ClH/c23-20-18(16-10-5-2-6-11-16)24-17-12-7-13-21-19(17)22(20)14-15-8-3-1-4-9-15;/h1-13,18H,14H2;1H. The van der Waals surface area contributed by atoms with Crippen LogP contribution < -0.4 is 9.64 Å². The molecule has 1 atom stereocenters. The van der Waals surface area contributed by atoms with Crippen LogP contribution in [-0.2, 0) is 11.3 Å². The van der Waals surface area contributed by atoms with Gasteiger partial charge in [0.05, 0.1) is 6.54 Å². The number of fused-ring (bicyclic) bond motifs is 1. The lowest BCUT2D eigenvalue weighted by Gasteiger charge is -2.33. The number of amides is 1. The first-order valence-electron chi connectivity index (χ1n) is 7.85. The number of carbonyl (C=O) groups is 1. The highest BCUT2D eigenvalue weighted by atomic mass is 35.5. The van der Waals surface area contributed by atoms with E-state index in [1.807, 2.05) is 72.8 Å². The Morgan fingerprint density at radius 3 is 2.32 bits per heavy atom. The Labute approximate surface area is 152 Å². The molecule has 0 spiro atoms. The van der Waals surface area contributed by atoms with Crippen LogP contribution in [0, 0.1) is 0 Å². The maximum absolute atomic E-state index is 13.1. The number of rotatable bonds is 3. The number of nitrogens with zero attached hydrogens (tertiary/aromatic N) is 2. The zero-order chi connectivity index (χ0) is 16.4. The molecule has 1 unspecified atom stereocenters. The topological polar surface area (TPSA) is 42.4 Å². The summed E-state index contributed by atoms with van der Waals surface area (Å²) in [4.78, 5) is 19.1. The molecule has 1 aliphatic rings. The van der Waals surface area contributed by atoms with E-state index in [1.54, 1.807) is 11.1 Å². The summed E-state index contributed by atoms with van der Waals surface area (Å²) in [5.41, 5.74) is 1.89. The van der Waals surface area contributed by atoms with Crippen LogP contribution in [0.2, 0.25) is 0 Å². The van der Waals surface area contributed by atoms with Crippen LogP contribution in [0.15, 0.2) is 79.0 Å². The molecule has 0 radical (unpaired) electrons. The van der Waals surface area contributed by atoms with Crippen molar-refractivity contribution in [1.82, 2.24) is 4.98 Å². The smallest absolute Gasteiger partial charge is 0.274 e. The SMILES string of the molecule is Cl.O=C1C(c2ccccc2)Oc2cccnc2N1Cc1ccccc1. The van der Waals surface area contributed by atoms with Gasteiger partial charge in [-0.05, 0) is 17.7 Å². The van der Waals surface area contributed by atoms with Crippen LogP contribution in [0.25, 0.3) is 0 Å². The minimum atomic E-state index is -0.647. The number of benzene rings is 2. The molecule has 5 heteroatoms. The second kappa shape index (κ2) is 7.36. The summed E-state index contributed by atoms with van der Waals surface area (Å²) in [6, 6.07) is 23.1. The molecule has 2 heterocycles. The average molecular weight is 353 g/mol. The van der Waals surface area contributed by atoms with Gasteiger partial charge in [0.1, 0.15) is 0 Å². The van der Waals surface area contributed by atoms with Crippen LogP contribution in [0.1, 0.15) is 17.2 Å². The molecule has 0 bridgehead atoms. The number of halogens is 1. The first kappa shape index (κ1) is 17.0. The third-order valence-electron chi connectivity index (χ3n) is 4.03. The Balaban J connectivity index is 0.00000182. The largest absolute Gasteiger partial charge is 0.472 e. The summed E-state index contributed by atoms with van der Waals surface area (Å²) in [5.74, 6) is 1.09. The summed E-state index contributed by atoms with van der Waals surface area (Å²) in [6.45, 7) is 0.469. The average Bonchev–Trinajstić information content (AvgIpc) is 2.65. The third-order valence-corrected chi connectivity index (χ3v) is 4.03. The molecule has 1 amide bonds. The summed E-state index contributed by atoms with van der Waals surface area (Å²) in [7, 11) is 0. The lowest BCUT2D eigenvalue weighted by Crippen LogP contribution is -2.41. The Hall–Kier alpha value is -2.85. The second-order valence-electron chi connectivity index (χ2n) is 5.64. The van der Waals surface area contributed by atoms with Gasteiger partial charge in [-0.2, -0.15) is 0 Å². The highest BCUT2D eigenvalue weighted by Gasteiger charge is 2.36. The molecular formula is C20H17ClN2O2. The van der Waals surface area contributed by atoms with Crippen LogP contribution in [-0.4, -0.2) is 10.9 Å². The van der Waals surface area contributed by atoms with Crippen molar-refractivity contribution in [3.8, 4) is 5.75 Å². The number of aromatic nitrogens is 1. The number of pyridine rings is 1. The molecule has 0 aliphatic carbocycles. The molecule has 1 aromatic heterocycles. The molecule has 2 aromatic carbocycles. The Morgan fingerprint density at radius 1 is 0.920 bits per heavy atom. The predicted molar refractivity (Wildman–Crippen MR) is 98.9 cm³/mol. The molecule has 126 valence electrons. The first-order valence-corrected chi connectivity index (χ1v) is 7.85.